The average Bonchev–Trinajstić information content (AvgIpc) is 2.73. The summed E-state index contributed by atoms with van der Waals surface area (Å²) in [6, 6.07) is 7.82. The van der Waals surface area contributed by atoms with Gasteiger partial charge in [-0.15, -0.1) is 5.92 Å². The lowest BCUT2D eigenvalue weighted by molar-refractivity contribution is -0.141. The molecule has 0 saturated heterocycles. The molecule has 31 heavy (non-hydrogen) atoms. The second-order valence-electron chi connectivity index (χ2n) is 7.19. The third-order valence-corrected chi connectivity index (χ3v) is 4.30. The van der Waals surface area contributed by atoms with E-state index in [-0.39, 0.29) is 18.0 Å². The summed E-state index contributed by atoms with van der Waals surface area (Å²) in [4.78, 5) is 28.1. The number of amides is 1. The number of hydrogen-bond acceptors (Lipinski definition) is 6. The highest BCUT2D eigenvalue weighted by molar-refractivity contribution is 7.78. The Morgan fingerprint density at radius 3 is 2.42 bits per heavy atom. The number of thiol groups is 1. The fraction of sp³-hybridized carbons (Fsp3) is 0.348. The molecule has 1 atom stereocenters. The highest BCUT2D eigenvalue weighted by atomic mass is 35.5. The Bertz CT molecular complexity index is 935. The smallest absolute Gasteiger partial charge is 0.307 e. The Labute approximate surface area is 194 Å². The molecule has 166 valence electrons. The first-order valence-corrected chi connectivity index (χ1v) is 10.5. The van der Waals surface area contributed by atoms with Crippen LogP contribution in [0, 0.1) is 17.8 Å². The Kier molecular flexibility index (Phi) is 11.7. The number of aromatic nitrogens is 1. The van der Waals surface area contributed by atoms with E-state index >= 15 is 0 Å². The van der Waals surface area contributed by atoms with Gasteiger partial charge in [0.05, 0.1) is 19.6 Å². The molecule has 0 bridgehead atoms. The second kappa shape index (κ2) is 13.7. The zero-order valence-electron chi connectivity index (χ0n) is 18.3. The predicted octanol–water partition coefficient (Wildman–Crippen LogP) is 5.06. The van der Waals surface area contributed by atoms with Crippen molar-refractivity contribution < 1.29 is 14.3 Å². The van der Waals surface area contributed by atoms with Crippen LogP contribution in [0.25, 0.3) is 0 Å². The first-order valence-electron chi connectivity index (χ1n) is 9.67. The van der Waals surface area contributed by atoms with Crippen molar-refractivity contribution in [1.29, 1.82) is 0 Å². The van der Waals surface area contributed by atoms with Gasteiger partial charge in [-0.2, -0.15) is 0 Å². The van der Waals surface area contributed by atoms with Crippen LogP contribution >= 0.6 is 24.4 Å². The molecular weight excluding hydrogens is 434 g/mol. The molecule has 2 N–H and O–H groups in total. The number of anilines is 1. The van der Waals surface area contributed by atoms with Gasteiger partial charge in [-0.25, -0.2) is 4.98 Å². The summed E-state index contributed by atoms with van der Waals surface area (Å²) >= 11 is 10.3. The molecule has 6 nitrogen and oxygen atoms in total. The average molecular weight is 462 g/mol. The predicted molar refractivity (Wildman–Crippen MR) is 128 cm³/mol. The maximum absolute atomic E-state index is 12.4. The molecule has 1 unspecified atom stereocenters. The minimum absolute atomic E-state index is 0.0403. The molecule has 0 radical (unpaired) electrons. The molecule has 8 heteroatoms. The molecule has 2 rings (SSSR count). The van der Waals surface area contributed by atoms with Gasteiger partial charge in [0.1, 0.15) is 5.69 Å². The summed E-state index contributed by atoms with van der Waals surface area (Å²) in [5.74, 6) is 5.69. The quantitative estimate of drug-likeness (QED) is 0.318. The van der Waals surface area contributed by atoms with Crippen molar-refractivity contribution in [1.82, 2.24) is 9.71 Å². The molecule has 0 spiro atoms. The molecule has 0 aliphatic rings. The number of benzene rings is 1. The van der Waals surface area contributed by atoms with E-state index in [2.05, 4.69) is 65.2 Å². The highest BCUT2D eigenvalue weighted by Gasteiger charge is 2.19. The van der Waals surface area contributed by atoms with E-state index < -0.39 is 12.0 Å². The van der Waals surface area contributed by atoms with Gasteiger partial charge in [0, 0.05) is 22.5 Å². The van der Waals surface area contributed by atoms with Crippen LogP contribution < -0.4 is 10.0 Å². The Morgan fingerprint density at radius 2 is 1.90 bits per heavy atom. The molecule has 1 aromatic carbocycles. The van der Waals surface area contributed by atoms with Gasteiger partial charge in [-0.05, 0) is 48.7 Å². The topological polar surface area (TPSA) is 80.3 Å². The van der Waals surface area contributed by atoms with Gasteiger partial charge in [-0.1, -0.05) is 51.1 Å². The lowest BCUT2D eigenvalue weighted by Crippen LogP contribution is -2.18. The number of esters is 1. The van der Waals surface area contributed by atoms with Crippen molar-refractivity contribution in [3.05, 3.63) is 58.4 Å². The Morgan fingerprint density at radius 1 is 1.23 bits per heavy atom. The molecule has 0 fully saturated rings. The van der Waals surface area contributed by atoms with E-state index in [0.29, 0.717) is 16.3 Å². The molecule has 0 aliphatic carbocycles. The van der Waals surface area contributed by atoms with Crippen LogP contribution in [0.15, 0.2) is 36.5 Å². The van der Waals surface area contributed by atoms with Crippen molar-refractivity contribution in [3.8, 4) is 11.8 Å². The van der Waals surface area contributed by atoms with Crippen LogP contribution in [0.1, 0.15) is 61.8 Å². The zero-order chi connectivity index (χ0) is 23.4. The Balaban J connectivity index is 0.00000110. The van der Waals surface area contributed by atoms with E-state index in [1.54, 1.807) is 37.3 Å². The number of carbonyl (C=O) groups is 2. The largest absolute Gasteiger partial charge is 0.469 e. The van der Waals surface area contributed by atoms with Crippen molar-refractivity contribution >= 4 is 42.0 Å². The number of nitrogens with one attached hydrogen (secondary N) is 2. The third kappa shape index (κ3) is 9.43. The van der Waals surface area contributed by atoms with Crippen LogP contribution in [0.4, 0.5) is 5.69 Å². The van der Waals surface area contributed by atoms with E-state index in [9.17, 15) is 9.59 Å². The number of pyridine rings is 1. The summed E-state index contributed by atoms with van der Waals surface area (Å²) in [7, 11) is 1.31. The monoisotopic (exact) mass is 461 g/mol. The number of ether oxygens (including phenoxy) is 1. The number of rotatable bonds is 6. The van der Waals surface area contributed by atoms with Crippen molar-refractivity contribution in [2.24, 2.45) is 5.92 Å². The lowest BCUT2D eigenvalue weighted by atomic mass is 10.0. The van der Waals surface area contributed by atoms with E-state index in [4.69, 9.17) is 11.6 Å². The minimum atomic E-state index is -0.477. The summed E-state index contributed by atoms with van der Waals surface area (Å²) in [5.41, 5.74) is 2.10. The maximum Gasteiger partial charge on any atom is 0.307 e. The normalized spacial score (nSPS) is 10.8. The minimum Gasteiger partial charge on any atom is -0.469 e. The van der Waals surface area contributed by atoms with Gasteiger partial charge >= 0.3 is 5.97 Å². The molecular formula is C23H28ClN3O3S. The van der Waals surface area contributed by atoms with Gasteiger partial charge in [-0.3, -0.25) is 14.3 Å². The number of nitrogens with zero attached hydrogens (tertiary/aromatic N) is 1. The molecule has 2 aromatic rings. The van der Waals surface area contributed by atoms with Crippen LogP contribution in [-0.2, 0) is 9.53 Å². The summed E-state index contributed by atoms with van der Waals surface area (Å²) in [6.07, 6.45) is 1.58. The first-order chi connectivity index (χ1) is 14.7. The summed E-state index contributed by atoms with van der Waals surface area (Å²) in [6.45, 7) is 8.23. The molecule has 1 amide bonds. The van der Waals surface area contributed by atoms with Gasteiger partial charge in [0.25, 0.3) is 5.91 Å². The summed E-state index contributed by atoms with van der Waals surface area (Å²) < 4.78 is 7.41. The standard InChI is InChI=1S/C19H18ClN3O3S.C4H10/c1-3-4-12-5-8-16(21-11-12)19(25)22-13-6-7-15(20)14(9-13)17(23-27)10-18(24)26-2;1-4(2)3/h5-9,11,17,23,27H,10H2,1-2H3,(H,22,25);4H,1-3H3. The molecule has 1 heterocycles. The fourth-order valence-electron chi connectivity index (χ4n) is 2.31. The maximum atomic E-state index is 12.4. The SMILES string of the molecule is CC#Cc1ccc(C(=O)Nc2ccc(Cl)c(C(CC(=O)OC)NS)c2)nc1.CC(C)C. The van der Waals surface area contributed by atoms with Gasteiger partial charge < -0.3 is 10.1 Å². The van der Waals surface area contributed by atoms with E-state index in [1.165, 1.54) is 13.3 Å². The van der Waals surface area contributed by atoms with Crippen LogP contribution in [0.5, 0.6) is 0 Å². The van der Waals surface area contributed by atoms with Crippen molar-refractivity contribution in [2.75, 3.05) is 12.4 Å². The highest BCUT2D eigenvalue weighted by Crippen LogP contribution is 2.29. The van der Waals surface area contributed by atoms with Crippen molar-refractivity contribution in [3.63, 3.8) is 0 Å². The van der Waals surface area contributed by atoms with Gasteiger partial charge in [0.15, 0.2) is 0 Å². The molecule has 0 aliphatic heterocycles. The van der Waals surface area contributed by atoms with Crippen LogP contribution in [-0.4, -0.2) is 24.0 Å². The first kappa shape index (κ1) is 26.5. The third-order valence-electron chi connectivity index (χ3n) is 3.65. The lowest BCUT2D eigenvalue weighted by Gasteiger charge is -2.17. The van der Waals surface area contributed by atoms with E-state index in [0.717, 1.165) is 11.5 Å². The number of carbonyl (C=O) groups excluding carboxylic acids is 2. The van der Waals surface area contributed by atoms with Crippen molar-refractivity contribution in [2.45, 2.75) is 40.2 Å². The second-order valence-corrected chi connectivity index (χ2v) is 7.86. The molecule has 0 saturated carbocycles. The van der Waals surface area contributed by atoms with Crippen LogP contribution in [0.3, 0.4) is 0 Å². The number of hydrogen-bond donors (Lipinski definition) is 3. The molecule has 1 aromatic heterocycles. The number of methoxy groups -OCH3 is 1. The summed E-state index contributed by atoms with van der Waals surface area (Å²) in [5, 5.41) is 3.19. The Hall–Kier alpha value is -2.53. The van der Waals surface area contributed by atoms with E-state index in [1.807, 2.05) is 0 Å². The number of halogens is 1. The van der Waals surface area contributed by atoms with Gasteiger partial charge in [0.2, 0.25) is 0 Å². The fourth-order valence-corrected chi connectivity index (χ4v) is 2.78. The van der Waals surface area contributed by atoms with Crippen LogP contribution in [0.2, 0.25) is 5.02 Å². The zero-order valence-corrected chi connectivity index (χ0v) is 20.0.